The first-order valence-electron chi connectivity index (χ1n) is 6.21. The number of aromatic nitrogens is 1. The number of nitrogens with zero attached hydrogens (tertiary/aromatic N) is 1. The van der Waals surface area contributed by atoms with Crippen LogP contribution in [0.4, 0.5) is 0 Å². The highest BCUT2D eigenvalue weighted by atomic mass is 35.5. The molecule has 0 N–H and O–H groups in total. The summed E-state index contributed by atoms with van der Waals surface area (Å²) in [5.41, 5.74) is 0.348. The van der Waals surface area contributed by atoms with Gasteiger partial charge in [0, 0.05) is 28.8 Å². The van der Waals surface area contributed by atoms with Crippen molar-refractivity contribution in [1.82, 2.24) is 4.98 Å². The minimum Gasteiger partial charge on any atom is -0.399 e. The van der Waals surface area contributed by atoms with Crippen molar-refractivity contribution in [2.45, 2.75) is 45.3 Å². The second-order valence-electron chi connectivity index (χ2n) is 5.61. The van der Waals surface area contributed by atoms with Crippen LogP contribution < -0.4 is 5.46 Å². The Balaban J connectivity index is 2.41. The fourth-order valence-electron chi connectivity index (χ4n) is 1.94. The molecule has 1 fully saturated rings. The smallest absolute Gasteiger partial charge is 0.399 e. The quantitative estimate of drug-likeness (QED) is 0.626. The first kappa shape index (κ1) is 14.5. The lowest BCUT2D eigenvalue weighted by Crippen LogP contribution is -2.41. The summed E-state index contributed by atoms with van der Waals surface area (Å²) < 4.78 is 11.9. The largest absolute Gasteiger partial charge is 0.498 e. The third-order valence-electron chi connectivity index (χ3n) is 3.79. The zero-order chi connectivity index (χ0) is 14.3. The van der Waals surface area contributed by atoms with Crippen molar-refractivity contribution < 1.29 is 14.1 Å². The van der Waals surface area contributed by atoms with Crippen LogP contribution in [0, 0.1) is 0 Å². The molecule has 2 rings (SSSR count). The molecule has 1 aromatic heterocycles. The third kappa shape index (κ3) is 2.55. The van der Waals surface area contributed by atoms with E-state index in [0.29, 0.717) is 16.2 Å². The van der Waals surface area contributed by atoms with Gasteiger partial charge in [-0.1, -0.05) is 11.6 Å². The first-order chi connectivity index (χ1) is 8.78. The maximum Gasteiger partial charge on any atom is 0.498 e. The Morgan fingerprint density at radius 2 is 1.89 bits per heavy atom. The van der Waals surface area contributed by atoms with Gasteiger partial charge >= 0.3 is 7.12 Å². The fourth-order valence-corrected chi connectivity index (χ4v) is 2.20. The molecule has 0 aliphatic carbocycles. The number of carbonyl (C=O) groups is 1. The summed E-state index contributed by atoms with van der Waals surface area (Å²) in [7, 11) is -0.596. The maximum absolute atomic E-state index is 10.7. The van der Waals surface area contributed by atoms with Gasteiger partial charge in [0.1, 0.15) is 6.29 Å². The molecule has 1 aliphatic heterocycles. The zero-order valence-corrected chi connectivity index (χ0v) is 12.3. The molecule has 0 amide bonds. The van der Waals surface area contributed by atoms with E-state index in [2.05, 4.69) is 4.98 Å². The summed E-state index contributed by atoms with van der Waals surface area (Å²) in [4.78, 5) is 14.9. The van der Waals surface area contributed by atoms with Gasteiger partial charge in [0.15, 0.2) is 0 Å². The van der Waals surface area contributed by atoms with Gasteiger partial charge in [-0.05, 0) is 33.8 Å². The monoisotopic (exact) mass is 281 g/mol. The van der Waals surface area contributed by atoms with Gasteiger partial charge in [-0.15, -0.1) is 0 Å². The highest BCUT2D eigenvalue weighted by molar-refractivity contribution is 6.66. The Hall–Kier alpha value is -0.905. The van der Waals surface area contributed by atoms with Gasteiger partial charge in [-0.25, -0.2) is 0 Å². The Morgan fingerprint density at radius 1 is 1.32 bits per heavy atom. The van der Waals surface area contributed by atoms with Crippen LogP contribution in [-0.2, 0) is 20.5 Å². The molecular formula is C13H17BClNO3. The van der Waals surface area contributed by atoms with Gasteiger partial charge in [-0.3, -0.25) is 4.98 Å². The van der Waals surface area contributed by atoms with Crippen molar-refractivity contribution in [1.29, 1.82) is 0 Å². The second-order valence-corrected chi connectivity index (χ2v) is 6.02. The van der Waals surface area contributed by atoms with E-state index in [0.717, 1.165) is 6.29 Å². The molecule has 1 aliphatic rings. The van der Waals surface area contributed by atoms with Gasteiger partial charge in [-0.2, -0.15) is 0 Å². The average Bonchev–Trinajstić information content (AvgIpc) is 2.48. The van der Waals surface area contributed by atoms with Crippen LogP contribution in [0.15, 0.2) is 12.3 Å². The Kier molecular flexibility index (Phi) is 3.73. The van der Waals surface area contributed by atoms with E-state index in [9.17, 15) is 4.79 Å². The molecule has 1 saturated heterocycles. The predicted molar refractivity (Wildman–Crippen MR) is 74.7 cm³/mol. The third-order valence-corrected chi connectivity index (χ3v) is 4.11. The Bertz CT molecular complexity index is 489. The molecule has 0 bridgehead atoms. The summed E-state index contributed by atoms with van der Waals surface area (Å²) >= 11 is 6.22. The van der Waals surface area contributed by atoms with Gasteiger partial charge < -0.3 is 14.1 Å². The van der Waals surface area contributed by atoms with E-state index in [1.807, 2.05) is 27.7 Å². The second kappa shape index (κ2) is 4.89. The van der Waals surface area contributed by atoms with Crippen LogP contribution in [0.2, 0.25) is 5.02 Å². The van der Waals surface area contributed by atoms with Crippen LogP contribution in [0.3, 0.4) is 0 Å². The molecule has 2 heterocycles. The van der Waals surface area contributed by atoms with Gasteiger partial charge in [0.25, 0.3) is 0 Å². The number of pyridine rings is 1. The Labute approximate surface area is 118 Å². The molecule has 0 saturated carbocycles. The first-order valence-corrected chi connectivity index (χ1v) is 6.59. The van der Waals surface area contributed by atoms with Crippen molar-refractivity contribution in [2.75, 3.05) is 0 Å². The Morgan fingerprint density at radius 3 is 2.42 bits per heavy atom. The van der Waals surface area contributed by atoms with Crippen LogP contribution in [0.5, 0.6) is 0 Å². The summed E-state index contributed by atoms with van der Waals surface area (Å²) in [6, 6.07) is 1.68. The molecule has 19 heavy (non-hydrogen) atoms. The molecule has 0 radical (unpaired) electrons. The minimum absolute atomic E-state index is 0.194. The lowest BCUT2D eigenvalue weighted by molar-refractivity contribution is -0.107. The van der Waals surface area contributed by atoms with E-state index in [4.69, 9.17) is 20.9 Å². The fraction of sp³-hybridized carbons (Fsp3) is 0.538. The van der Waals surface area contributed by atoms with E-state index in [1.165, 1.54) is 0 Å². The van der Waals surface area contributed by atoms with Gasteiger partial charge in [0.05, 0.1) is 11.2 Å². The van der Waals surface area contributed by atoms with Crippen molar-refractivity contribution in [3.05, 3.63) is 23.0 Å². The number of hydrogen-bond acceptors (Lipinski definition) is 4. The molecule has 0 unspecified atom stereocenters. The minimum atomic E-state index is -0.596. The zero-order valence-electron chi connectivity index (χ0n) is 11.6. The molecule has 4 nitrogen and oxygen atoms in total. The number of rotatable bonds is 3. The summed E-state index contributed by atoms with van der Waals surface area (Å²) in [6.45, 7) is 7.88. The van der Waals surface area contributed by atoms with Crippen LogP contribution in [0.25, 0.3) is 0 Å². The van der Waals surface area contributed by atoms with Crippen molar-refractivity contribution >= 4 is 30.5 Å². The number of hydrogen-bond donors (Lipinski definition) is 0. The van der Waals surface area contributed by atoms with E-state index < -0.39 is 18.3 Å². The van der Waals surface area contributed by atoms with Gasteiger partial charge in [0.2, 0.25) is 0 Å². The van der Waals surface area contributed by atoms with Crippen molar-refractivity contribution in [3.63, 3.8) is 0 Å². The standard InChI is InChI=1S/C13H17BClNO3/c1-12(2)13(3,4)19-14(18-12)11-9(15)5-7-16-10(11)6-8-17/h5,7-8H,6H2,1-4H3. The molecule has 0 aromatic carbocycles. The average molecular weight is 282 g/mol. The number of aldehydes is 1. The van der Waals surface area contributed by atoms with Crippen LogP contribution in [0.1, 0.15) is 33.4 Å². The molecule has 6 heteroatoms. The van der Waals surface area contributed by atoms with E-state index >= 15 is 0 Å². The lowest BCUT2D eigenvalue weighted by atomic mass is 9.77. The highest BCUT2D eigenvalue weighted by Crippen LogP contribution is 2.37. The van der Waals surface area contributed by atoms with Crippen LogP contribution in [-0.4, -0.2) is 29.6 Å². The number of halogens is 1. The highest BCUT2D eigenvalue weighted by Gasteiger charge is 2.52. The maximum atomic E-state index is 10.7. The van der Waals surface area contributed by atoms with Crippen molar-refractivity contribution in [3.8, 4) is 0 Å². The molecule has 1 aromatic rings. The summed E-state index contributed by atoms with van der Waals surface area (Å²) in [6.07, 6.45) is 2.57. The lowest BCUT2D eigenvalue weighted by Gasteiger charge is -2.32. The predicted octanol–water partition coefficient (Wildman–Crippen LogP) is 1.78. The van der Waals surface area contributed by atoms with Crippen molar-refractivity contribution in [2.24, 2.45) is 0 Å². The van der Waals surface area contributed by atoms with E-state index in [1.54, 1.807) is 12.3 Å². The molecule has 0 spiro atoms. The number of carbonyl (C=O) groups excluding carboxylic acids is 1. The molecular weight excluding hydrogens is 264 g/mol. The normalized spacial score (nSPS) is 20.6. The topological polar surface area (TPSA) is 48.4 Å². The van der Waals surface area contributed by atoms with Crippen LogP contribution >= 0.6 is 11.6 Å². The van der Waals surface area contributed by atoms with E-state index in [-0.39, 0.29) is 6.42 Å². The molecule has 102 valence electrons. The summed E-state index contributed by atoms with van der Waals surface area (Å²) in [5.74, 6) is 0. The molecule has 0 atom stereocenters. The summed E-state index contributed by atoms with van der Waals surface area (Å²) in [5, 5.41) is 0.505. The SMILES string of the molecule is CC1(C)OB(c2c(Cl)ccnc2CC=O)OC1(C)C.